The topological polar surface area (TPSA) is 80.7 Å². The molecule has 146 valence electrons. The molecule has 2 aliphatic rings. The lowest BCUT2D eigenvalue weighted by Crippen LogP contribution is -2.41. The molecule has 1 atom stereocenters. The van der Waals surface area contributed by atoms with Crippen LogP contribution in [0.2, 0.25) is 5.02 Å². The van der Waals surface area contributed by atoms with Gasteiger partial charge < -0.3 is 25.1 Å². The van der Waals surface area contributed by atoms with E-state index >= 15 is 0 Å². The summed E-state index contributed by atoms with van der Waals surface area (Å²) in [6.07, 6.45) is 6.48. The smallest absolute Gasteiger partial charge is 0.255 e. The van der Waals surface area contributed by atoms with Gasteiger partial charge in [0.15, 0.2) is 0 Å². The van der Waals surface area contributed by atoms with E-state index in [-0.39, 0.29) is 5.91 Å². The van der Waals surface area contributed by atoms with Crippen molar-refractivity contribution in [3.63, 3.8) is 0 Å². The summed E-state index contributed by atoms with van der Waals surface area (Å²) in [6, 6.07) is 3.32. The molecule has 0 spiro atoms. The largest absolute Gasteiger partial charge is 0.463 e. The van der Waals surface area contributed by atoms with Gasteiger partial charge in [0, 0.05) is 25.1 Å². The number of nitrogen functional groups attached to an aromatic ring is 1. The molecule has 1 aromatic carbocycles. The maximum atomic E-state index is 12.7. The molecule has 2 saturated heterocycles. The van der Waals surface area contributed by atoms with Gasteiger partial charge >= 0.3 is 0 Å². The van der Waals surface area contributed by atoms with Crippen LogP contribution in [-0.2, 0) is 4.74 Å². The minimum atomic E-state index is -0.168. The summed E-state index contributed by atoms with van der Waals surface area (Å²) in [6.45, 7) is 4.74. The summed E-state index contributed by atoms with van der Waals surface area (Å²) in [5.41, 5.74) is 7.32. The van der Waals surface area contributed by atoms with Crippen molar-refractivity contribution in [2.45, 2.75) is 31.8 Å². The number of halogens is 1. The van der Waals surface area contributed by atoms with Gasteiger partial charge in [-0.15, -0.1) is 0 Å². The van der Waals surface area contributed by atoms with E-state index in [1.54, 1.807) is 12.1 Å². The van der Waals surface area contributed by atoms with Gasteiger partial charge in [0.1, 0.15) is 5.58 Å². The molecular weight excluding hydrogens is 366 g/mol. The van der Waals surface area contributed by atoms with Crippen LogP contribution in [0.5, 0.6) is 0 Å². The first kappa shape index (κ1) is 18.6. The number of ether oxygens (including phenoxy) is 1. The van der Waals surface area contributed by atoms with Crippen LogP contribution in [0.4, 0.5) is 5.69 Å². The average Bonchev–Trinajstić information content (AvgIpc) is 3.36. The number of hydrogen-bond donors (Lipinski definition) is 2. The highest BCUT2D eigenvalue weighted by Gasteiger charge is 2.25. The lowest BCUT2D eigenvalue weighted by atomic mass is 9.96. The Bertz CT molecular complexity index is 808. The van der Waals surface area contributed by atoms with Crippen molar-refractivity contribution in [3.05, 3.63) is 29.0 Å². The van der Waals surface area contributed by atoms with Crippen molar-refractivity contribution in [3.8, 4) is 0 Å². The second kappa shape index (κ2) is 8.09. The third-order valence-electron chi connectivity index (χ3n) is 5.72. The number of anilines is 1. The first-order chi connectivity index (χ1) is 13.1. The van der Waals surface area contributed by atoms with Crippen LogP contribution < -0.4 is 11.1 Å². The standard InChI is InChI=1S/C20H26ClN3O3/c21-17-10-16(19-15(18(17)22)5-9-27-19)20(25)23-11-13-3-6-24(7-4-13)12-14-2-1-8-26-14/h5,9-10,13-14H,1-4,6-8,11-12,22H2,(H,23,25)/t14-/m0/s1. The summed E-state index contributed by atoms with van der Waals surface area (Å²) < 4.78 is 11.2. The van der Waals surface area contributed by atoms with E-state index in [0.717, 1.165) is 39.1 Å². The molecule has 0 saturated carbocycles. The van der Waals surface area contributed by atoms with Gasteiger partial charge in [-0.2, -0.15) is 0 Å². The Hall–Kier alpha value is -1.76. The van der Waals surface area contributed by atoms with Gasteiger partial charge in [0.2, 0.25) is 0 Å². The Morgan fingerprint density at radius 3 is 2.89 bits per heavy atom. The predicted molar refractivity (Wildman–Crippen MR) is 106 cm³/mol. The minimum absolute atomic E-state index is 0.168. The zero-order valence-corrected chi connectivity index (χ0v) is 16.1. The maximum Gasteiger partial charge on any atom is 0.255 e. The maximum absolute atomic E-state index is 12.7. The van der Waals surface area contributed by atoms with Crippen LogP contribution in [0.3, 0.4) is 0 Å². The molecule has 3 heterocycles. The van der Waals surface area contributed by atoms with E-state index in [1.165, 1.54) is 19.1 Å². The number of benzene rings is 1. The first-order valence-corrected chi connectivity index (χ1v) is 10.1. The van der Waals surface area contributed by atoms with Crippen molar-refractivity contribution in [1.82, 2.24) is 10.2 Å². The van der Waals surface area contributed by atoms with Gasteiger partial charge in [0.05, 0.1) is 28.6 Å². The number of carbonyl (C=O) groups excluding carboxylic acids is 1. The fourth-order valence-electron chi connectivity index (χ4n) is 4.08. The molecule has 2 aliphatic heterocycles. The number of nitrogens with two attached hydrogens (primary N) is 1. The highest BCUT2D eigenvalue weighted by Crippen LogP contribution is 2.32. The molecule has 0 unspecified atom stereocenters. The first-order valence-electron chi connectivity index (χ1n) is 9.69. The van der Waals surface area contributed by atoms with Gasteiger partial charge in [-0.1, -0.05) is 11.6 Å². The molecule has 4 rings (SSSR count). The fourth-order valence-corrected chi connectivity index (χ4v) is 4.29. The summed E-state index contributed by atoms with van der Waals surface area (Å²) in [5.74, 6) is 0.324. The normalized spacial score (nSPS) is 21.7. The fraction of sp³-hybridized carbons (Fsp3) is 0.550. The SMILES string of the molecule is Nc1c(Cl)cc(C(=O)NCC2CCN(C[C@@H]3CCCO3)CC2)c2occc12. The van der Waals surface area contributed by atoms with Crippen molar-refractivity contribution in [1.29, 1.82) is 0 Å². The van der Waals surface area contributed by atoms with Gasteiger partial charge in [0.25, 0.3) is 5.91 Å². The third-order valence-corrected chi connectivity index (χ3v) is 6.03. The predicted octanol–water partition coefficient (Wildman–Crippen LogP) is 3.29. The van der Waals surface area contributed by atoms with E-state index in [4.69, 9.17) is 26.5 Å². The Kier molecular flexibility index (Phi) is 5.57. The number of rotatable bonds is 5. The Balaban J connectivity index is 1.30. The lowest BCUT2D eigenvalue weighted by Gasteiger charge is -2.33. The summed E-state index contributed by atoms with van der Waals surface area (Å²) in [7, 11) is 0. The summed E-state index contributed by atoms with van der Waals surface area (Å²) in [4.78, 5) is 15.1. The van der Waals surface area contributed by atoms with Crippen molar-refractivity contribution in [2.75, 3.05) is 38.5 Å². The molecule has 6 nitrogen and oxygen atoms in total. The highest BCUT2D eigenvalue weighted by atomic mass is 35.5. The Morgan fingerprint density at radius 1 is 1.33 bits per heavy atom. The van der Waals surface area contributed by atoms with Crippen molar-refractivity contribution in [2.24, 2.45) is 5.92 Å². The molecule has 0 aliphatic carbocycles. The summed E-state index contributed by atoms with van der Waals surface area (Å²) in [5, 5.41) is 4.09. The molecule has 1 amide bonds. The molecular formula is C20H26ClN3O3. The van der Waals surface area contributed by atoms with Gasteiger partial charge in [-0.25, -0.2) is 0 Å². The number of hydrogen-bond acceptors (Lipinski definition) is 5. The molecule has 7 heteroatoms. The summed E-state index contributed by atoms with van der Waals surface area (Å²) >= 11 is 6.17. The minimum Gasteiger partial charge on any atom is -0.463 e. The van der Waals surface area contributed by atoms with Crippen molar-refractivity contribution < 1.29 is 13.9 Å². The van der Waals surface area contributed by atoms with Crippen LogP contribution in [0, 0.1) is 5.92 Å². The Morgan fingerprint density at radius 2 is 2.15 bits per heavy atom. The third kappa shape index (κ3) is 4.08. The van der Waals surface area contributed by atoms with Crippen LogP contribution in [0.1, 0.15) is 36.0 Å². The van der Waals surface area contributed by atoms with Crippen LogP contribution in [0.15, 0.2) is 22.8 Å². The number of amides is 1. The van der Waals surface area contributed by atoms with E-state index in [9.17, 15) is 4.79 Å². The molecule has 0 bridgehead atoms. The van der Waals surface area contributed by atoms with E-state index in [0.29, 0.717) is 45.8 Å². The quantitative estimate of drug-likeness (QED) is 0.764. The van der Waals surface area contributed by atoms with E-state index in [1.807, 2.05) is 0 Å². The zero-order chi connectivity index (χ0) is 18.8. The average molecular weight is 392 g/mol. The number of likely N-dealkylation sites (tertiary alicyclic amines) is 1. The van der Waals surface area contributed by atoms with Crippen LogP contribution >= 0.6 is 11.6 Å². The van der Waals surface area contributed by atoms with Crippen molar-refractivity contribution >= 4 is 34.2 Å². The number of carbonyl (C=O) groups is 1. The zero-order valence-electron chi connectivity index (χ0n) is 15.4. The Labute approximate surface area is 164 Å². The second-order valence-corrected chi connectivity index (χ2v) is 7.98. The molecule has 2 fully saturated rings. The molecule has 27 heavy (non-hydrogen) atoms. The van der Waals surface area contributed by atoms with E-state index in [2.05, 4.69) is 10.2 Å². The van der Waals surface area contributed by atoms with Gasteiger partial charge in [-0.3, -0.25) is 4.79 Å². The number of piperidine rings is 1. The number of nitrogens with one attached hydrogen (secondary N) is 1. The van der Waals surface area contributed by atoms with Gasteiger partial charge in [-0.05, 0) is 56.8 Å². The lowest BCUT2D eigenvalue weighted by molar-refractivity contribution is 0.0595. The van der Waals surface area contributed by atoms with Crippen LogP contribution in [-0.4, -0.2) is 49.7 Å². The molecule has 3 N–H and O–H groups in total. The number of furan rings is 1. The second-order valence-electron chi connectivity index (χ2n) is 7.57. The number of nitrogens with zero attached hydrogens (tertiary/aromatic N) is 1. The molecule has 0 radical (unpaired) electrons. The number of fused-ring (bicyclic) bond motifs is 1. The van der Waals surface area contributed by atoms with Crippen LogP contribution in [0.25, 0.3) is 11.0 Å². The molecule has 1 aromatic heterocycles. The highest BCUT2D eigenvalue weighted by molar-refractivity contribution is 6.35. The molecule has 2 aromatic rings. The monoisotopic (exact) mass is 391 g/mol. The van der Waals surface area contributed by atoms with E-state index < -0.39 is 0 Å².